The lowest BCUT2D eigenvalue weighted by Crippen LogP contribution is -2.06. The Kier molecular flexibility index (Phi) is 3.39. The number of rotatable bonds is 3. The Bertz CT molecular complexity index is 1290. The van der Waals surface area contributed by atoms with Crippen LogP contribution in [0.25, 0.3) is 27.7 Å². The molecule has 0 saturated heterocycles. The van der Waals surface area contributed by atoms with Gasteiger partial charge in [-0.3, -0.25) is 4.79 Å². The van der Waals surface area contributed by atoms with Crippen LogP contribution in [0.15, 0.2) is 64.2 Å². The highest BCUT2D eigenvalue weighted by Crippen LogP contribution is 2.22. The minimum absolute atomic E-state index is 0.0895. The summed E-state index contributed by atoms with van der Waals surface area (Å²) < 4.78 is 1.78. The van der Waals surface area contributed by atoms with Gasteiger partial charge in [-0.1, -0.05) is 12.1 Å². The molecule has 6 nitrogen and oxygen atoms in total. The molecule has 26 heavy (non-hydrogen) atoms. The first-order valence-electron chi connectivity index (χ1n) is 8.13. The second-order valence-electron chi connectivity index (χ2n) is 5.98. The van der Waals surface area contributed by atoms with Gasteiger partial charge in [0.1, 0.15) is 0 Å². The molecule has 0 unspecified atom stereocenters. The van der Waals surface area contributed by atoms with Crippen molar-refractivity contribution in [2.75, 3.05) is 0 Å². The molecule has 0 fully saturated rings. The molecule has 0 aliphatic heterocycles. The van der Waals surface area contributed by atoms with E-state index >= 15 is 0 Å². The van der Waals surface area contributed by atoms with Crippen LogP contribution in [0.1, 0.15) is 11.4 Å². The smallest absolute Gasteiger partial charge is 0.255 e. The maximum absolute atomic E-state index is 12.0. The number of aromatic nitrogens is 5. The third-order valence-corrected chi connectivity index (χ3v) is 5.08. The Labute approximate surface area is 151 Å². The van der Waals surface area contributed by atoms with Gasteiger partial charge in [-0.2, -0.15) is 21.0 Å². The van der Waals surface area contributed by atoms with Crippen molar-refractivity contribution in [3.63, 3.8) is 0 Å². The zero-order valence-corrected chi connectivity index (χ0v) is 14.4. The second kappa shape index (κ2) is 5.89. The van der Waals surface area contributed by atoms with Crippen LogP contribution in [-0.4, -0.2) is 24.8 Å². The number of H-pyrrole nitrogens is 1. The lowest BCUT2D eigenvalue weighted by Gasteiger charge is -2.05. The van der Waals surface area contributed by atoms with E-state index in [0.29, 0.717) is 17.5 Å². The van der Waals surface area contributed by atoms with Gasteiger partial charge in [-0.05, 0) is 46.7 Å². The van der Waals surface area contributed by atoms with Gasteiger partial charge in [-0.25, -0.2) is 0 Å². The lowest BCUT2D eigenvalue weighted by molar-refractivity contribution is 0.844. The van der Waals surface area contributed by atoms with Crippen molar-refractivity contribution in [3.8, 4) is 11.3 Å². The highest BCUT2D eigenvalue weighted by Gasteiger charge is 2.12. The van der Waals surface area contributed by atoms with E-state index in [9.17, 15) is 4.79 Å². The minimum Gasteiger partial charge on any atom is -0.329 e. The summed E-state index contributed by atoms with van der Waals surface area (Å²) in [4.78, 5) is 14.7. The molecule has 0 radical (unpaired) electrons. The Morgan fingerprint density at radius 1 is 1.04 bits per heavy atom. The van der Waals surface area contributed by atoms with Crippen LogP contribution in [-0.2, 0) is 6.42 Å². The minimum atomic E-state index is -0.0895. The van der Waals surface area contributed by atoms with Gasteiger partial charge in [-0.15, -0.1) is 10.2 Å². The third kappa shape index (κ3) is 2.41. The first kappa shape index (κ1) is 15.0. The Morgan fingerprint density at radius 3 is 2.88 bits per heavy atom. The van der Waals surface area contributed by atoms with Crippen molar-refractivity contribution >= 4 is 27.8 Å². The molecule has 7 heteroatoms. The fraction of sp³-hybridized carbons (Fsp3) is 0.0526. The third-order valence-electron chi connectivity index (χ3n) is 4.40. The number of hydrogen-bond acceptors (Lipinski definition) is 5. The summed E-state index contributed by atoms with van der Waals surface area (Å²) in [6, 6.07) is 13.6. The van der Waals surface area contributed by atoms with Gasteiger partial charge >= 0.3 is 0 Å². The number of thiophene rings is 1. The van der Waals surface area contributed by atoms with Gasteiger partial charge in [0.15, 0.2) is 11.5 Å². The highest BCUT2D eigenvalue weighted by atomic mass is 32.1. The predicted molar refractivity (Wildman–Crippen MR) is 101 cm³/mol. The molecule has 126 valence electrons. The monoisotopic (exact) mass is 359 g/mol. The summed E-state index contributed by atoms with van der Waals surface area (Å²) in [6.45, 7) is 0. The maximum Gasteiger partial charge on any atom is 0.255 e. The molecule has 0 aliphatic carbocycles. The van der Waals surface area contributed by atoms with Crippen molar-refractivity contribution in [3.05, 3.63) is 81.2 Å². The number of fused-ring (bicyclic) bond motifs is 2. The summed E-state index contributed by atoms with van der Waals surface area (Å²) >= 11 is 1.64. The molecule has 0 aliphatic rings. The summed E-state index contributed by atoms with van der Waals surface area (Å²) in [5.74, 6) is 0.741. The second-order valence-corrected chi connectivity index (χ2v) is 6.76. The molecule has 4 aromatic heterocycles. The summed E-state index contributed by atoms with van der Waals surface area (Å²) in [7, 11) is 0. The van der Waals surface area contributed by atoms with Crippen LogP contribution in [0, 0.1) is 0 Å². The first-order chi connectivity index (χ1) is 12.8. The average Bonchev–Trinajstić information content (AvgIpc) is 3.33. The normalized spacial score (nSPS) is 11.4. The largest absolute Gasteiger partial charge is 0.329 e. The van der Waals surface area contributed by atoms with Crippen molar-refractivity contribution in [2.45, 2.75) is 6.42 Å². The van der Waals surface area contributed by atoms with Gasteiger partial charge in [0.25, 0.3) is 5.56 Å². The van der Waals surface area contributed by atoms with Crippen molar-refractivity contribution in [2.24, 2.45) is 0 Å². The lowest BCUT2D eigenvalue weighted by atomic mass is 10.0. The summed E-state index contributed by atoms with van der Waals surface area (Å²) in [6.07, 6.45) is 2.21. The molecule has 0 saturated carbocycles. The molecule has 0 bridgehead atoms. The van der Waals surface area contributed by atoms with Crippen LogP contribution in [0.3, 0.4) is 0 Å². The van der Waals surface area contributed by atoms with Crippen LogP contribution >= 0.6 is 11.3 Å². The van der Waals surface area contributed by atoms with Crippen molar-refractivity contribution in [1.29, 1.82) is 0 Å². The molecular formula is C19H13N5OS. The topological polar surface area (TPSA) is 75.9 Å². The molecule has 1 N–H and O–H groups in total. The number of aromatic amines is 1. The SMILES string of the molecule is O=c1[nH]ccc2c(Cc3nnc4ccc(-c5ccsc5)nn34)cccc12. The number of benzene rings is 1. The Balaban J connectivity index is 1.63. The van der Waals surface area contributed by atoms with E-state index in [1.807, 2.05) is 47.8 Å². The van der Waals surface area contributed by atoms with E-state index in [1.54, 1.807) is 22.0 Å². The zero-order chi connectivity index (χ0) is 17.5. The van der Waals surface area contributed by atoms with E-state index in [1.165, 1.54) is 0 Å². The molecule has 1 aromatic carbocycles. The number of pyridine rings is 1. The van der Waals surface area contributed by atoms with Crippen LogP contribution in [0.2, 0.25) is 0 Å². The molecule has 5 aromatic rings. The van der Waals surface area contributed by atoms with E-state index < -0.39 is 0 Å². The molecular weight excluding hydrogens is 346 g/mol. The first-order valence-corrected chi connectivity index (χ1v) is 9.07. The summed E-state index contributed by atoms with van der Waals surface area (Å²) in [5.41, 5.74) is 3.60. The van der Waals surface area contributed by atoms with Crippen molar-refractivity contribution in [1.82, 2.24) is 24.8 Å². The quantitative estimate of drug-likeness (QED) is 0.536. The number of nitrogens with one attached hydrogen (secondary N) is 1. The number of nitrogens with zero attached hydrogens (tertiary/aromatic N) is 4. The molecule has 0 amide bonds. The zero-order valence-electron chi connectivity index (χ0n) is 13.6. The Morgan fingerprint density at radius 2 is 2.00 bits per heavy atom. The van der Waals surface area contributed by atoms with E-state index in [-0.39, 0.29) is 5.56 Å². The molecule has 5 rings (SSSR count). The molecule has 0 spiro atoms. The molecule has 4 heterocycles. The van der Waals surface area contributed by atoms with Gasteiger partial charge < -0.3 is 4.98 Å². The van der Waals surface area contributed by atoms with Crippen LogP contribution in [0.5, 0.6) is 0 Å². The van der Waals surface area contributed by atoms with Crippen LogP contribution < -0.4 is 5.56 Å². The fourth-order valence-electron chi connectivity index (χ4n) is 3.12. The number of hydrogen-bond donors (Lipinski definition) is 1. The average molecular weight is 359 g/mol. The van der Waals surface area contributed by atoms with E-state index in [4.69, 9.17) is 5.10 Å². The van der Waals surface area contributed by atoms with Gasteiger partial charge in [0.2, 0.25) is 0 Å². The van der Waals surface area contributed by atoms with Crippen molar-refractivity contribution < 1.29 is 0 Å². The van der Waals surface area contributed by atoms with E-state index in [0.717, 1.165) is 28.0 Å². The highest BCUT2D eigenvalue weighted by molar-refractivity contribution is 7.08. The maximum atomic E-state index is 12.0. The van der Waals surface area contributed by atoms with Crippen LogP contribution in [0.4, 0.5) is 0 Å². The Hall–Kier alpha value is -3.32. The fourth-order valence-corrected chi connectivity index (χ4v) is 3.77. The van der Waals surface area contributed by atoms with Gasteiger partial charge in [0, 0.05) is 28.9 Å². The predicted octanol–water partition coefficient (Wildman–Crippen LogP) is 3.29. The molecule has 0 atom stereocenters. The van der Waals surface area contributed by atoms with E-state index in [2.05, 4.69) is 20.6 Å². The summed E-state index contributed by atoms with van der Waals surface area (Å²) in [5, 5.41) is 18.9. The standard InChI is InChI=1S/C19H13N5OS/c25-19-15-3-1-2-12(14(15)6-8-20-19)10-18-22-21-17-5-4-16(23-24(17)18)13-7-9-26-11-13/h1-9,11H,10H2,(H,20,25). The van der Waals surface area contributed by atoms with Gasteiger partial charge in [0.05, 0.1) is 5.69 Å².